The van der Waals surface area contributed by atoms with Crippen molar-refractivity contribution in [2.24, 2.45) is 0 Å². The van der Waals surface area contributed by atoms with Crippen LogP contribution in [0, 0.1) is 0 Å². The summed E-state index contributed by atoms with van der Waals surface area (Å²) in [6.45, 7) is 0.0253. The number of aromatic hydroxyl groups is 1. The normalized spacial score (nSPS) is 10.8. The highest BCUT2D eigenvalue weighted by molar-refractivity contribution is 5.99. The molecule has 2 heteroatoms. The summed E-state index contributed by atoms with van der Waals surface area (Å²) in [4.78, 5) is 0. The Hall–Kier alpha value is -2.32. The van der Waals surface area contributed by atoms with Gasteiger partial charge >= 0.3 is 0 Å². The maximum Gasteiger partial charge on any atom is 0.124 e. The van der Waals surface area contributed by atoms with Crippen LogP contribution in [0.25, 0.3) is 21.9 Å². The molecular formula is C17H14O2. The van der Waals surface area contributed by atoms with Crippen molar-refractivity contribution in [3.8, 4) is 16.9 Å². The summed E-state index contributed by atoms with van der Waals surface area (Å²) in [5, 5.41) is 21.3. The number of benzene rings is 3. The zero-order valence-electron chi connectivity index (χ0n) is 10.4. The third-order valence-electron chi connectivity index (χ3n) is 3.31. The van der Waals surface area contributed by atoms with Crippen molar-refractivity contribution >= 4 is 10.8 Å². The van der Waals surface area contributed by atoms with Crippen LogP contribution in [0.5, 0.6) is 5.75 Å². The zero-order valence-corrected chi connectivity index (χ0v) is 10.4. The van der Waals surface area contributed by atoms with Crippen molar-refractivity contribution in [3.05, 3.63) is 66.2 Å². The van der Waals surface area contributed by atoms with E-state index in [0.717, 1.165) is 27.5 Å². The lowest BCUT2D eigenvalue weighted by Crippen LogP contribution is -1.86. The van der Waals surface area contributed by atoms with E-state index in [4.69, 9.17) is 0 Å². The Morgan fingerprint density at radius 1 is 0.842 bits per heavy atom. The second-order valence-corrected chi connectivity index (χ2v) is 4.54. The van der Waals surface area contributed by atoms with E-state index in [0.29, 0.717) is 0 Å². The van der Waals surface area contributed by atoms with Crippen LogP contribution < -0.4 is 0 Å². The van der Waals surface area contributed by atoms with Gasteiger partial charge in [-0.25, -0.2) is 0 Å². The molecule has 0 heterocycles. The van der Waals surface area contributed by atoms with Crippen LogP contribution in [-0.2, 0) is 6.61 Å². The SMILES string of the molecule is OCc1ccc2c(-c3ccccc3)c(O)ccc2c1. The second-order valence-electron chi connectivity index (χ2n) is 4.54. The lowest BCUT2D eigenvalue weighted by atomic mass is 9.96. The van der Waals surface area contributed by atoms with E-state index in [9.17, 15) is 10.2 Å². The van der Waals surface area contributed by atoms with Gasteiger partial charge in [-0.2, -0.15) is 0 Å². The molecule has 0 radical (unpaired) electrons. The first-order valence-corrected chi connectivity index (χ1v) is 6.20. The molecular weight excluding hydrogens is 236 g/mol. The van der Waals surface area contributed by atoms with Crippen molar-refractivity contribution in [2.45, 2.75) is 6.61 Å². The fraction of sp³-hybridized carbons (Fsp3) is 0.0588. The lowest BCUT2D eigenvalue weighted by Gasteiger charge is -2.10. The molecule has 3 rings (SSSR count). The quantitative estimate of drug-likeness (QED) is 0.728. The van der Waals surface area contributed by atoms with Gasteiger partial charge in [0.2, 0.25) is 0 Å². The molecule has 0 unspecified atom stereocenters. The minimum Gasteiger partial charge on any atom is -0.507 e. The van der Waals surface area contributed by atoms with Crippen LogP contribution in [0.3, 0.4) is 0 Å². The third-order valence-corrected chi connectivity index (χ3v) is 3.31. The molecule has 0 spiro atoms. The monoisotopic (exact) mass is 250 g/mol. The predicted molar refractivity (Wildman–Crippen MR) is 77.0 cm³/mol. The average molecular weight is 250 g/mol. The summed E-state index contributed by atoms with van der Waals surface area (Å²) in [5.41, 5.74) is 2.70. The first-order valence-electron chi connectivity index (χ1n) is 6.20. The number of rotatable bonds is 2. The fourth-order valence-electron chi connectivity index (χ4n) is 2.37. The van der Waals surface area contributed by atoms with Gasteiger partial charge in [0.25, 0.3) is 0 Å². The molecule has 0 atom stereocenters. The van der Waals surface area contributed by atoms with Crippen molar-refractivity contribution in [2.75, 3.05) is 0 Å². The molecule has 0 bridgehead atoms. The third kappa shape index (κ3) is 2.07. The Bertz CT molecular complexity index is 718. The van der Waals surface area contributed by atoms with E-state index < -0.39 is 0 Å². The molecule has 19 heavy (non-hydrogen) atoms. The van der Waals surface area contributed by atoms with Crippen LogP contribution in [0.15, 0.2) is 60.7 Å². The smallest absolute Gasteiger partial charge is 0.124 e. The fourth-order valence-corrected chi connectivity index (χ4v) is 2.37. The molecule has 94 valence electrons. The molecule has 2 nitrogen and oxygen atoms in total. The average Bonchev–Trinajstić information content (AvgIpc) is 2.47. The Kier molecular flexibility index (Phi) is 2.94. The Morgan fingerprint density at radius 2 is 1.63 bits per heavy atom. The zero-order chi connectivity index (χ0) is 13.2. The molecule has 3 aromatic rings. The molecule has 0 aliphatic rings. The number of fused-ring (bicyclic) bond motifs is 1. The molecule has 3 aromatic carbocycles. The highest BCUT2D eigenvalue weighted by Gasteiger charge is 2.09. The molecule has 0 saturated heterocycles. The van der Waals surface area contributed by atoms with Gasteiger partial charge in [0, 0.05) is 5.56 Å². The number of phenolic OH excluding ortho intramolecular Hbond substituents is 1. The maximum atomic E-state index is 10.1. The van der Waals surface area contributed by atoms with Gasteiger partial charge in [0.05, 0.1) is 6.61 Å². The number of aliphatic hydroxyl groups excluding tert-OH is 1. The van der Waals surface area contributed by atoms with E-state index in [2.05, 4.69) is 0 Å². The molecule has 0 aliphatic carbocycles. The summed E-state index contributed by atoms with van der Waals surface area (Å²) in [6, 6.07) is 19.2. The largest absolute Gasteiger partial charge is 0.507 e. The summed E-state index contributed by atoms with van der Waals surface area (Å²) in [6.07, 6.45) is 0. The van der Waals surface area contributed by atoms with Crippen molar-refractivity contribution in [3.63, 3.8) is 0 Å². The van der Waals surface area contributed by atoms with Gasteiger partial charge in [-0.1, -0.05) is 48.5 Å². The molecule has 0 aromatic heterocycles. The lowest BCUT2D eigenvalue weighted by molar-refractivity contribution is 0.282. The minimum atomic E-state index is 0.0253. The van der Waals surface area contributed by atoms with Gasteiger partial charge < -0.3 is 10.2 Å². The summed E-state index contributed by atoms with van der Waals surface area (Å²) in [7, 11) is 0. The Labute approximate surface area is 111 Å². The van der Waals surface area contributed by atoms with E-state index in [1.807, 2.05) is 54.6 Å². The van der Waals surface area contributed by atoms with Crippen LogP contribution in [0.2, 0.25) is 0 Å². The molecule has 2 N–H and O–H groups in total. The summed E-state index contributed by atoms with van der Waals surface area (Å²) in [5.74, 6) is 0.274. The van der Waals surface area contributed by atoms with Crippen LogP contribution >= 0.6 is 0 Å². The van der Waals surface area contributed by atoms with Gasteiger partial charge in [-0.3, -0.25) is 0 Å². The molecule has 0 amide bonds. The predicted octanol–water partition coefficient (Wildman–Crippen LogP) is 3.70. The van der Waals surface area contributed by atoms with E-state index in [1.165, 1.54) is 0 Å². The van der Waals surface area contributed by atoms with Gasteiger partial charge in [-0.05, 0) is 34.0 Å². The van der Waals surface area contributed by atoms with Gasteiger partial charge in [0.1, 0.15) is 5.75 Å². The Balaban J connectivity index is 2.31. The first kappa shape index (κ1) is 11.8. The van der Waals surface area contributed by atoms with Crippen molar-refractivity contribution in [1.29, 1.82) is 0 Å². The highest BCUT2D eigenvalue weighted by atomic mass is 16.3. The van der Waals surface area contributed by atoms with Crippen LogP contribution in [0.1, 0.15) is 5.56 Å². The number of phenols is 1. The topological polar surface area (TPSA) is 40.5 Å². The summed E-state index contributed by atoms with van der Waals surface area (Å²) < 4.78 is 0. The van der Waals surface area contributed by atoms with E-state index >= 15 is 0 Å². The number of hydrogen-bond donors (Lipinski definition) is 2. The van der Waals surface area contributed by atoms with Crippen molar-refractivity contribution in [1.82, 2.24) is 0 Å². The van der Waals surface area contributed by atoms with Gasteiger partial charge in [-0.15, -0.1) is 0 Å². The maximum absolute atomic E-state index is 10.1. The van der Waals surface area contributed by atoms with Crippen LogP contribution in [0.4, 0.5) is 0 Å². The first-order chi connectivity index (χ1) is 9.29. The molecule has 0 aliphatic heterocycles. The number of aliphatic hydroxyl groups is 1. The molecule has 0 saturated carbocycles. The standard InChI is InChI=1S/C17H14O2/c18-11-12-6-8-15-14(10-12)7-9-16(19)17(15)13-4-2-1-3-5-13/h1-10,18-19H,11H2. The van der Waals surface area contributed by atoms with Crippen LogP contribution in [-0.4, -0.2) is 10.2 Å². The van der Waals surface area contributed by atoms with Crippen molar-refractivity contribution < 1.29 is 10.2 Å². The van der Waals surface area contributed by atoms with E-state index in [1.54, 1.807) is 6.07 Å². The van der Waals surface area contributed by atoms with Gasteiger partial charge in [0.15, 0.2) is 0 Å². The Morgan fingerprint density at radius 3 is 2.37 bits per heavy atom. The highest BCUT2D eigenvalue weighted by Crippen LogP contribution is 2.36. The summed E-state index contributed by atoms with van der Waals surface area (Å²) >= 11 is 0. The number of hydrogen-bond acceptors (Lipinski definition) is 2. The second kappa shape index (κ2) is 4.75. The molecule has 0 fully saturated rings. The minimum absolute atomic E-state index is 0.0253. The van der Waals surface area contributed by atoms with E-state index in [-0.39, 0.29) is 12.4 Å².